The molecule has 1 N–H and O–H groups in total. The summed E-state index contributed by atoms with van der Waals surface area (Å²) in [7, 11) is 0. The van der Waals surface area contributed by atoms with Gasteiger partial charge >= 0.3 is 0 Å². The van der Waals surface area contributed by atoms with Crippen molar-refractivity contribution in [3.05, 3.63) is 0 Å². The van der Waals surface area contributed by atoms with Gasteiger partial charge in [0.2, 0.25) is 0 Å². The van der Waals surface area contributed by atoms with E-state index in [0.29, 0.717) is 12.0 Å². The number of rotatable bonds is 7. The Bertz CT molecular complexity index is 143. The van der Waals surface area contributed by atoms with Gasteiger partial charge in [0.05, 0.1) is 12.7 Å². The first kappa shape index (κ1) is 13.9. The van der Waals surface area contributed by atoms with Gasteiger partial charge in [0, 0.05) is 12.1 Å². The molecule has 0 aromatic heterocycles. The summed E-state index contributed by atoms with van der Waals surface area (Å²) >= 11 is 0. The molecular formula is C12H27NO. The molecule has 0 spiro atoms. The molecule has 0 saturated carbocycles. The fourth-order valence-electron chi connectivity index (χ4n) is 0.955. The second kappa shape index (κ2) is 6.41. The Labute approximate surface area is 89.4 Å². The normalized spacial score (nSPS) is 14.8. The van der Waals surface area contributed by atoms with Crippen molar-refractivity contribution in [2.75, 3.05) is 13.2 Å². The quantitative estimate of drug-likeness (QED) is 0.640. The molecule has 0 aliphatic carbocycles. The van der Waals surface area contributed by atoms with Gasteiger partial charge < -0.3 is 10.1 Å². The van der Waals surface area contributed by atoms with Crippen molar-refractivity contribution in [1.82, 2.24) is 5.32 Å². The highest BCUT2D eigenvalue weighted by Crippen LogP contribution is 2.14. The Hall–Kier alpha value is -0.0800. The van der Waals surface area contributed by atoms with Gasteiger partial charge in [-0.3, -0.25) is 0 Å². The van der Waals surface area contributed by atoms with Crippen molar-refractivity contribution in [3.63, 3.8) is 0 Å². The molecule has 0 fully saturated rings. The maximum Gasteiger partial charge on any atom is 0.0594 e. The zero-order chi connectivity index (χ0) is 11.2. The molecule has 0 aromatic carbocycles. The maximum absolute atomic E-state index is 5.60. The number of hydrogen-bond acceptors (Lipinski definition) is 2. The standard InChI is InChI=1S/C12H27NO/c1-7-11(4)14-9-8-13-12(5,6)10(2)3/h10-11,13H,7-9H2,1-6H3. The summed E-state index contributed by atoms with van der Waals surface area (Å²) in [5.41, 5.74) is 0.207. The van der Waals surface area contributed by atoms with Crippen molar-refractivity contribution in [2.24, 2.45) is 5.92 Å². The minimum absolute atomic E-state index is 0.207. The van der Waals surface area contributed by atoms with E-state index in [1.807, 2.05) is 0 Å². The SMILES string of the molecule is CCC(C)OCCNC(C)(C)C(C)C. The van der Waals surface area contributed by atoms with Crippen LogP contribution in [0.1, 0.15) is 48.0 Å². The van der Waals surface area contributed by atoms with Gasteiger partial charge in [-0.15, -0.1) is 0 Å². The molecule has 0 amide bonds. The van der Waals surface area contributed by atoms with Crippen LogP contribution in [0.3, 0.4) is 0 Å². The number of hydrogen-bond donors (Lipinski definition) is 1. The van der Waals surface area contributed by atoms with E-state index in [1.165, 1.54) is 0 Å². The van der Waals surface area contributed by atoms with Crippen LogP contribution in [-0.2, 0) is 4.74 Å². The average Bonchev–Trinajstić information content (AvgIpc) is 2.11. The maximum atomic E-state index is 5.60. The topological polar surface area (TPSA) is 21.3 Å². The summed E-state index contributed by atoms with van der Waals surface area (Å²) in [6.45, 7) is 15.0. The van der Waals surface area contributed by atoms with Crippen molar-refractivity contribution >= 4 is 0 Å². The lowest BCUT2D eigenvalue weighted by molar-refractivity contribution is 0.0605. The Balaban J connectivity index is 3.54. The monoisotopic (exact) mass is 201 g/mol. The lowest BCUT2D eigenvalue weighted by Gasteiger charge is -2.31. The molecule has 2 nitrogen and oxygen atoms in total. The third-order valence-electron chi connectivity index (χ3n) is 3.10. The predicted molar refractivity (Wildman–Crippen MR) is 62.6 cm³/mol. The lowest BCUT2D eigenvalue weighted by Crippen LogP contribution is -2.45. The van der Waals surface area contributed by atoms with Gasteiger partial charge in [0.15, 0.2) is 0 Å². The number of nitrogens with one attached hydrogen (secondary N) is 1. The van der Waals surface area contributed by atoms with Gasteiger partial charge in [-0.05, 0) is 33.1 Å². The van der Waals surface area contributed by atoms with Crippen molar-refractivity contribution < 1.29 is 4.74 Å². The van der Waals surface area contributed by atoms with E-state index in [1.54, 1.807) is 0 Å². The third-order valence-corrected chi connectivity index (χ3v) is 3.10. The molecule has 86 valence electrons. The Morgan fingerprint density at radius 2 is 1.79 bits per heavy atom. The zero-order valence-electron chi connectivity index (χ0n) is 10.7. The molecule has 0 aliphatic heterocycles. The van der Waals surface area contributed by atoms with Crippen molar-refractivity contribution in [1.29, 1.82) is 0 Å². The highest BCUT2D eigenvalue weighted by Gasteiger charge is 2.20. The fourth-order valence-corrected chi connectivity index (χ4v) is 0.955. The molecule has 0 rings (SSSR count). The van der Waals surface area contributed by atoms with Crippen LogP contribution < -0.4 is 5.32 Å². The minimum atomic E-state index is 0.207. The van der Waals surface area contributed by atoms with E-state index in [9.17, 15) is 0 Å². The molecular weight excluding hydrogens is 174 g/mol. The molecule has 0 radical (unpaired) electrons. The molecule has 0 aromatic rings. The minimum Gasteiger partial charge on any atom is -0.377 e. The molecule has 0 saturated heterocycles. The van der Waals surface area contributed by atoms with E-state index >= 15 is 0 Å². The van der Waals surface area contributed by atoms with Crippen LogP contribution in [0.15, 0.2) is 0 Å². The lowest BCUT2D eigenvalue weighted by atomic mass is 9.91. The summed E-state index contributed by atoms with van der Waals surface area (Å²) in [5.74, 6) is 0.645. The van der Waals surface area contributed by atoms with Crippen molar-refractivity contribution in [3.8, 4) is 0 Å². The van der Waals surface area contributed by atoms with Crippen LogP contribution in [0.2, 0.25) is 0 Å². The number of ether oxygens (including phenoxy) is 1. The second-order valence-corrected chi connectivity index (χ2v) is 4.89. The molecule has 14 heavy (non-hydrogen) atoms. The van der Waals surface area contributed by atoms with Crippen LogP contribution in [0.25, 0.3) is 0 Å². The van der Waals surface area contributed by atoms with E-state index in [2.05, 4.69) is 46.9 Å². The van der Waals surface area contributed by atoms with Gasteiger partial charge in [-0.1, -0.05) is 20.8 Å². The van der Waals surface area contributed by atoms with Crippen LogP contribution in [0.4, 0.5) is 0 Å². The van der Waals surface area contributed by atoms with Crippen LogP contribution in [0, 0.1) is 5.92 Å². The molecule has 1 unspecified atom stereocenters. The van der Waals surface area contributed by atoms with Crippen LogP contribution in [-0.4, -0.2) is 24.8 Å². The molecule has 0 bridgehead atoms. The van der Waals surface area contributed by atoms with Gasteiger partial charge in [0.1, 0.15) is 0 Å². The molecule has 0 aliphatic rings. The van der Waals surface area contributed by atoms with E-state index < -0.39 is 0 Å². The van der Waals surface area contributed by atoms with Crippen LogP contribution >= 0.6 is 0 Å². The molecule has 0 heterocycles. The first-order valence-corrected chi connectivity index (χ1v) is 5.76. The first-order chi connectivity index (χ1) is 6.40. The van der Waals surface area contributed by atoms with Gasteiger partial charge in [0.25, 0.3) is 0 Å². The summed E-state index contributed by atoms with van der Waals surface area (Å²) in [5, 5.41) is 3.51. The Kier molecular flexibility index (Phi) is 6.38. The Morgan fingerprint density at radius 1 is 1.21 bits per heavy atom. The van der Waals surface area contributed by atoms with Crippen LogP contribution in [0.5, 0.6) is 0 Å². The fraction of sp³-hybridized carbons (Fsp3) is 1.00. The summed E-state index contributed by atoms with van der Waals surface area (Å²) in [4.78, 5) is 0. The summed E-state index contributed by atoms with van der Waals surface area (Å²) in [6.07, 6.45) is 1.48. The predicted octanol–water partition coefficient (Wildman–Crippen LogP) is 2.83. The molecule has 1 atom stereocenters. The van der Waals surface area contributed by atoms with E-state index in [0.717, 1.165) is 19.6 Å². The summed E-state index contributed by atoms with van der Waals surface area (Å²) < 4.78 is 5.60. The second-order valence-electron chi connectivity index (χ2n) is 4.89. The third kappa shape index (κ3) is 5.61. The Morgan fingerprint density at radius 3 is 2.21 bits per heavy atom. The zero-order valence-corrected chi connectivity index (χ0v) is 10.7. The van der Waals surface area contributed by atoms with Gasteiger partial charge in [-0.2, -0.15) is 0 Å². The summed E-state index contributed by atoms with van der Waals surface area (Å²) in [6, 6.07) is 0. The highest BCUT2D eigenvalue weighted by atomic mass is 16.5. The van der Waals surface area contributed by atoms with Gasteiger partial charge in [-0.25, -0.2) is 0 Å². The van der Waals surface area contributed by atoms with E-state index in [4.69, 9.17) is 4.74 Å². The average molecular weight is 201 g/mol. The molecule has 2 heteroatoms. The highest BCUT2D eigenvalue weighted by molar-refractivity contribution is 4.80. The largest absolute Gasteiger partial charge is 0.377 e. The van der Waals surface area contributed by atoms with E-state index in [-0.39, 0.29) is 5.54 Å². The first-order valence-electron chi connectivity index (χ1n) is 5.76. The van der Waals surface area contributed by atoms with Crippen molar-refractivity contribution in [2.45, 2.75) is 59.6 Å². The smallest absolute Gasteiger partial charge is 0.0594 e.